The van der Waals surface area contributed by atoms with Gasteiger partial charge in [0.1, 0.15) is 0 Å². The third-order valence-corrected chi connectivity index (χ3v) is 0. The molecule has 0 aromatic rings. The Hall–Kier alpha value is 0.626. The largest absolute Gasteiger partial charge is 2.00 e. The first-order valence-electron chi connectivity index (χ1n) is 0. The van der Waals surface area contributed by atoms with Gasteiger partial charge in [-0.15, -0.1) is 0 Å². The smallest absolute Gasteiger partial charge is 1.00 e. The third-order valence-electron chi connectivity index (χ3n) is 0. The van der Waals surface area contributed by atoms with Gasteiger partial charge in [-0.3, -0.25) is 9.41 Å². The Morgan fingerprint density at radius 2 is 1.00 bits per heavy atom. The molecule has 0 saturated heterocycles. The van der Waals surface area contributed by atoms with Crippen molar-refractivity contribution in [3.05, 3.63) is 0 Å². The number of rotatable bonds is 0. The summed E-state index contributed by atoms with van der Waals surface area (Å²) >= 11 is 0. The van der Waals surface area contributed by atoms with Crippen molar-refractivity contribution in [2.45, 2.75) is 0 Å². The summed E-state index contributed by atoms with van der Waals surface area (Å²) in [4.78, 5) is 0. The van der Waals surface area contributed by atoms with Crippen LogP contribution in [0.3, 0.4) is 0 Å². The van der Waals surface area contributed by atoms with Crippen LogP contribution < -0.4 is 18.9 Å². The maximum atomic E-state index is 0. The van der Waals surface area contributed by atoms with E-state index in [9.17, 15) is 0 Å². The van der Waals surface area contributed by atoms with E-state index in [1.807, 2.05) is 0 Å². The number of halogens is 2. The van der Waals surface area contributed by atoms with E-state index < -0.39 is 0 Å². The Kier molecular flexibility index (Phi) is 2470. The molecular formula is H5BeF2Li. The van der Waals surface area contributed by atoms with Crippen molar-refractivity contribution >= 4 is 10.1 Å². The molecule has 4 heteroatoms. The molecular weight excluding hydrogens is 53.9 g/mol. The van der Waals surface area contributed by atoms with Gasteiger partial charge in [-0.2, -0.15) is 0 Å². The minimum Gasteiger partial charge on any atom is -1.00 e. The second-order valence-electron chi connectivity index (χ2n) is 0. The Morgan fingerprint density at radius 1 is 1.00 bits per heavy atom. The summed E-state index contributed by atoms with van der Waals surface area (Å²) in [7, 11) is 0. The molecule has 0 rings (SSSR count). The van der Waals surface area contributed by atoms with Crippen LogP contribution in [0.2, 0.25) is 0 Å². The van der Waals surface area contributed by atoms with E-state index in [0.717, 1.165) is 0 Å². The average molecular weight is 59.0 g/mol. The molecule has 0 fully saturated rings. The van der Waals surface area contributed by atoms with Crippen LogP contribution in [0, 0.1) is 0 Å². The SMILES string of the molecule is F.F.[Be+2].[H-].[H-].[H-].[Li+]. The predicted molar refractivity (Wildman–Crippen MR) is 14.1 cm³/mol. The molecule has 0 aliphatic heterocycles. The molecule has 0 heterocycles. The van der Waals surface area contributed by atoms with Gasteiger partial charge in [-0.1, -0.05) is 0 Å². The van der Waals surface area contributed by atoms with Gasteiger partial charge in [0.2, 0.25) is 0 Å². The van der Waals surface area contributed by atoms with Crippen LogP contribution in [0.4, 0.5) is 9.41 Å². The van der Waals surface area contributed by atoms with Crippen LogP contribution in [0.1, 0.15) is 4.28 Å². The molecule has 0 aliphatic rings. The molecule has 0 amide bonds. The standard InChI is InChI=1S/Be.2FH.Li.3H/h;2*1H;;;;/q+2;;;+1;3*-1. The van der Waals surface area contributed by atoms with E-state index >= 15 is 0 Å². The molecule has 0 atom stereocenters. The van der Waals surface area contributed by atoms with Gasteiger partial charge in [0.15, 0.2) is 0 Å². The van der Waals surface area contributed by atoms with Crippen LogP contribution in [-0.2, 0) is 0 Å². The average Bonchev–Trinajstić information content (AvgIpc) is 0. The van der Waals surface area contributed by atoms with Gasteiger partial charge in [0, 0.05) is 0 Å². The molecule has 0 spiro atoms. The molecule has 4 heavy (non-hydrogen) atoms. The van der Waals surface area contributed by atoms with E-state index in [2.05, 4.69) is 0 Å². The Labute approximate surface area is 43.5 Å². The molecule has 0 saturated carbocycles. The molecule has 0 bridgehead atoms. The Morgan fingerprint density at radius 3 is 1.00 bits per heavy atom. The third kappa shape index (κ3) is 17.7. The molecule has 0 aromatic heterocycles. The summed E-state index contributed by atoms with van der Waals surface area (Å²) in [6.45, 7) is 0. The maximum Gasteiger partial charge on any atom is 2.00 e. The van der Waals surface area contributed by atoms with Crippen molar-refractivity contribution in [2.75, 3.05) is 0 Å². The second kappa shape index (κ2) is 63.8. The maximum absolute atomic E-state index is 0. The Bertz CT molecular complexity index is 12.9. The fourth-order valence-corrected chi connectivity index (χ4v) is 0. The first kappa shape index (κ1) is 155. The van der Waals surface area contributed by atoms with Gasteiger partial charge >= 0.3 is 29.0 Å². The van der Waals surface area contributed by atoms with Crippen molar-refractivity contribution < 1.29 is 32.5 Å². The zero-order chi connectivity index (χ0) is 0. The van der Waals surface area contributed by atoms with E-state index in [1.165, 1.54) is 0 Å². The minimum absolute atomic E-state index is 0. The van der Waals surface area contributed by atoms with E-state index in [4.69, 9.17) is 0 Å². The van der Waals surface area contributed by atoms with Gasteiger partial charge in [0.25, 0.3) is 0 Å². The summed E-state index contributed by atoms with van der Waals surface area (Å²) < 4.78 is 0. The number of hydrogen-bond donors (Lipinski definition) is 0. The quantitative estimate of drug-likeness (QED) is 0.266. The van der Waals surface area contributed by atoms with Crippen LogP contribution in [0.25, 0.3) is 0 Å². The monoisotopic (exact) mass is 59.1 g/mol. The van der Waals surface area contributed by atoms with Crippen molar-refractivity contribution in [3.8, 4) is 0 Å². The van der Waals surface area contributed by atoms with Crippen LogP contribution in [0.15, 0.2) is 0 Å². The molecule has 0 aromatic carbocycles. The van der Waals surface area contributed by atoms with E-state index in [1.54, 1.807) is 0 Å². The summed E-state index contributed by atoms with van der Waals surface area (Å²) in [5, 5.41) is 0. The van der Waals surface area contributed by atoms with Gasteiger partial charge < -0.3 is 4.28 Å². The predicted octanol–water partition coefficient (Wildman–Crippen LogP) is -2.73. The molecule has 0 N–H and O–H groups in total. The molecule has 0 radical (unpaired) electrons. The summed E-state index contributed by atoms with van der Waals surface area (Å²) in [5.41, 5.74) is 0. The summed E-state index contributed by atoms with van der Waals surface area (Å²) in [6, 6.07) is 0. The van der Waals surface area contributed by atoms with Crippen LogP contribution >= 0.6 is 0 Å². The van der Waals surface area contributed by atoms with Gasteiger partial charge in [-0.05, 0) is 0 Å². The fourth-order valence-electron chi connectivity index (χ4n) is 0. The summed E-state index contributed by atoms with van der Waals surface area (Å²) in [5.74, 6) is 0. The normalized spacial score (nSPS) is 0. The topological polar surface area (TPSA) is 0 Å². The fraction of sp³-hybridized carbons (Fsp3) is 0. The molecule has 0 nitrogen and oxygen atoms in total. The first-order chi connectivity index (χ1) is 0. The number of hydrogen-bond acceptors (Lipinski definition) is 0. The first-order valence-corrected chi connectivity index (χ1v) is 0. The zero-order valence-corrected chi connectivity index (χ0v) is 2.52. The van der Waals surface area contributed by atoms with Gasteiger partial charge in [0.05, 0.1) is 0 Å². The van der Waals surface area contributed by atoms with E-state index in [-0.39, 0.29) is 42.7 Å². The Balaban J connectivity index is 0. The molecule has 0 unspecified atom stereocenters. The van der Waals surface area contributed by atoms with Crippen molar-refractivity contribution in [3.63, 3.8) is 0 Å². The molecule has 0 aliphatic carbocycles. The van der Waals surface area contributed by atoms with Crippen molar-refractivity contribution in [1.82, 2.24) is 0 Å². The minimum atomic E-state index is 0. The van der Waals surface area contributed by atoms with Crippen LogP contribution in [0.5, 0.6) is 0 Å². The van der Waals surface area contributed by atoms with Gasteiger partial charge in [-0.25, -0.2) is 0 Å². The second-order valence-corrected chi connectivity index (χ2v) is 0. The molecule has 22 valence electrons. The van der Waals surface area contributed by atoms with Crippen LogP contribution in [-0.4, -0.2) is 10.1 Å². The van der Waals surface area contributed by atoms with E-state index in [0.29, 0.717) is 0 Å². The van der Waals surface area contributed by atoms with Crippen molar-refractivity contribution in [1.29, 1.82) is 0 Å². The summed E-state index contributed by atoms with van der Waals surface area (Å²) in [6.07, 6.45) is 0. The zero-order valence-electron chi connectivity index (χ0n) is 5.52. The van der Waals surface area contributed by atoms with Crippen molar-refractivity contribution in [2.24, 2.45) is 0 Å².